The number of nitrogens with two attached hydrogens (primary N) is 1. The Morgan fingerprint density at radius 2 is 1.71 bits per heavy atom. The lowest BCUT2D eigenvalue weighted by Crippen LogP contribution is -2.56. The van der Waals surface area contributed by atoms with E-state index < -0.39 is 28.3 Å². The van der Waals surface area contributed by atoms with Gasteiger partial charge in [0.1, 0.15) is 6.61 Å². The molecule has 0 aromatic rings. The number of rotatable bonds is 9. The maximum absolute atomic E-state index is 12.0. The second-order valence-corrected chi connectivity index (χ2v) is 25.9. The topological polar surface area (TPSA) is 70.8 Å². The molecule has 0 aromatic carbocycles. The Bertz CT molecular complexity index is 1140. The molecular formula is C35H61NO4Si2. The first-order valence-electron chi connectivity index (χ1n) is 16.2. The van der Waals surface area contributed by atoms with Crippen LogP contribution >= 0.6 is 0 Å². The van der Waals surface area contributed by atoms with Crippen molar-refractivity contribution in [2.45, 2.75) is 148 Å². The van der Waals surface area contributed by atoms with Gasteiger partial charge in [0.25, 0.3) is 0 Å². The third-order valence-electron chi connectivity index (χ3n) is 11.3. The summed E-state index contributed by atoms with van der Waals surface area (Å²) >= 11 is 0. The van der Waals surface area contributed by atoms with Gasteiger partial charge in [-0.2, -0.15) is 0 Å². The van der Waals surface area contributed by atoms with Crippen molar-refractivity contribution in [3.63, 3.8) is 0 Å². The van der Waals surface area contributed by atoms with Crippen LogP contribution in [0.4, 0.5) is 0 Å². The van der Waals surface area contributed by atoms with Gasteiger partial charge in [-0.25, -0.2) is 0 Å². The lowest BCUT2D eigenvalue weighted by molar-refractivity contribution is -0.208. The number of primary amides is 1. The molecule has 3 aliphatic carbocycles. The molecule has 238 valence electrons. The summed E-state index contributed by atoms with van der Waals surface area (Å²) in [5.74, 6) is -0.940. The average molecular weight is 616 g/mol. The van der Waals surface area contributed by atoms with Crippen molar-refractivity contribution in [2.24, 2.45) is 17.1 Å². The van der Waals surface area contributed by atoms with Gasteiger partial charge in [0, 0.05) is 12.8 Å². The van der Waals surface area contributed by atoms with E-state index >= 15 is 0 Å². The third kappa shape index (κ3) is 7.34. The summed E-state index contributed by atoms with van der Waals surface area (Å²) < 4.78 is 20.6. The van der Waals surface area contributed by atoms with Gasteiger partial charge in [0.15, 0.2) is 22.4 Å². The smallest absolute Gasteiger partial charge is 0.243 e. The Labute approximate surface area is 259 Å². The number of hydrogen-bond acceptors (Lipinski definition) is 4. The molecule has 0 heterocycles. The van der Waals surface area contributed by atoms with E-state index in [2.05, 4.69) is 106 Å². The standard InChI is InChI=1S/C35H61NO4Si2/c1-14-28-19-20-29-26(16-15-21-34(28,29)9)17-18-27-22-35(38-24-31(36)37,40-42(12,13)33(6,7)8)23-30(25(27)2)39-41(10,11)32(3,4)5/h17-19,29-30H,2,14-16,20-24H2,1,3-13H3,(H2,36,37)/t29?,30-,34+,35?/m0/s1. The van der Waals surface area contributed by atoms with Crippen LogP contribution in [0.1, 0.15) is 100 Å². The molecule has 3 aliphatic rings. The minimum atomic E-state index is -2.31. The average Bonchev–Trinajstić information content (AvgIpc) is 3.18. The maximum Gasteiger partial charge on any atom is 0.243 e. The fourth-order valence-corrected chi connectivity index (χ4v) is 9.34. The zero-order chi connectivity index (χ0) is 31.9. The highest BCUT2D eigenvalue weighted by atomic mass is 28.4. The highest BCUT2D eigenvalue weighted by Crippen LogP contribution is 2.55. The lowest BCUT2D eigenvalue weighted by atomic mass is 9.64. The van der Waals surface area contributed by atoms with Crippen LogP contribution in [0.25, 0.3) is 0 Å². The SMILES string of the molecule is C=C1C(=CC=C2CCC[C@]3(C)C(CC)=CCC23)CC(OCC(N)=O)(O[Si](C)(C)C(C)(C)C)C[C@@H]1O[Si](C)(C)C(C)(C)C. The summed E-state index contributed by atoms with van der Waals surface area (Å²) in [6.07, 6.45) is 13.8. The number of allylic oxidation sites excluding steroid dienone is 5. The molecule has 0 saturated heterocycles. The number of fused-ring (bicyclic) bond motifs is 1. The lowest BCUT2D eigenvalue weighted by Gasteiger charge is -2.51. The monoisotopic (exact) mass is 615 g/mol. The van der Waals surface area contributed by atoms with Gasteiger partial charge in [0.05, 0.1) is 6.10 Å². The van der Waals surface area contributed by atoms with Crippen molar-refractivity contribution in [3.05, 3.63) is 47.1 Å². The Balaban J connectivity index is 2.09. The molecule has 0 aliphatic heterocycles. The molecule has 2 N–H and O–H groups in total. The molecule has 42 heavy (non-hydrogen) atoms. The van der Waals surface area contributed by atoms with Crippen molar-refractivity contribution < 1.29 is 18.4 Å². The molecule has 0 spiro atoms. The van der Waals surface area contributed by atoms with Crippen LogP contribution in [0.15, 0.2) is 47.1 Å². The van der Waals surface area contributed by atoms with Crippen LogP contribution in [0.3, 0.4) is 0 Å². The second-order valence-electron chi connectivity index (χ2n) is 16.4. The zero-order valence-corrected chi connectivity index (χ0v) is 31.0. The van der Waals surface area contributed by atoms with Gasteiger partial charge in [-0.05, 0) is 90.8 Å². The maximum atomic E-state index is 12.0. The van der Waals surface area contributed by atoms with Crippen LogP contribution in [0.5, 0.6) is 0 Å². The minimum absolute atomic E-state index is 0.0343. The Kier molecular flexibility index (Phi) is 10.3. The van der Waals surface area contributed by atoms with E-state index in [1.165, 1.54) is 18.4 Å². The Hall–Kier alpha value is -1.26. The summed E-state index contributed by atoms with van der Waals surface area (Å²) in [6.45, 7) is 31.7. The fraction of sp³-hybridized carbons (Fsp3) is 0.743. The van der Waals surface area contributed by atoms with E-state index in [1.54, 1.807) is 5.57 Å². The third-order valence-corrected chi connectivity index (χ3v) is 20.3. The molecule has 1 amide bonds. The van der Waals surface area contributed by atoms with Crippen molar-refractivity contribution in [1.29, 1.82) is 0 Å². The quantitative estimate of drug-likeness (QED) is 0.159. The molecular weight excluding hydrogens is 555 g/mol. The largest absolute Gasteiger partial charge is 0.410 e. The van der Waals surface area contributed by atoms with Crippen LogP contribution in [-0.2, 0) is 18.4 Å². The Morgan fingerprint density at radius 3 is 2.26 bits per heavy atom. The molecule has 2 fully saturated rings. The van der Waals surface area contributed by atoms with E-state index in [4.69, 9.17) is 19.3 Å². The molecule has 0 bridgehead atoms. The van der Waals surface area contributed by atoms with Gasteiger partial charge in [0.2, 0.25) is 5.91 Å². The van der Waals surface area contributed by atoms with E-state index in [1.807, 2.05) is 0 Å². The van der Waals surface area contributed by atoms with E-state index in [9.17, 15) is 4.79 Å². The first-order chi connectivity index (χ1) is 19.1. The van der Waals surface area contributed by atoms with Crippen molar-refractivity contribution in [2.75, 3.05) is 6.61 Å². The summed E-state index contributed by atoms with van der Waals surface area (Å²) in [5, 5.41) is -0.00217. The van der Waals surface area contributed by atoms with Crippen LogP contribution < -0.4 is 5.73 Å². The van der Waals surface area contributed by atoms with E-state index in [0.29, 0.717) is 18.8 Å². The van der Waals surface area contributed by atoms with Crippen LogP contribution in [-0.4, -0.2) is 41.0 Å². The predicted octanol–water partition coefficient (Wildman–Crippen LogP) is 9.35. The second kappa shape index (κ2) is 12.3. The normalized spacial score (nSPS) is 31.4. The molecule has 7 heteroatoms. The zero-order valence-electron chi connectivity index (χ0n) is 29.0. The fourth-order valence-electron chi connectivity index (χ4n) is 6.60. The van der Waals surface area contributed by atoms with Gasteiger partial charge in [-0.3, -0.25) is 4.79 Å². The van der Waals surface area contributed by atoms with Crippen molar-refractivity contribution in [1.82, 2.24) is 0 Å². The molecule has 0 radical (unpaired) electrons. The van der Waals surface area contributed by atoms with Crippen LogP contribution in [0, 0.1) is 11.3 Å². The number of amides is 1. The number of carbonyl (C=O) groups excluding carboxylic acids is 1. The number of hydrogen-bond donors (Lipinski definition) is 1. The predicted molar refractivity (Wildman–Crippen MR) is 181 cm³/mol. The highest BCUT2D eigenvalue weighted by molar-refractivity contribution is 6.74. The summed E-state index contributed by atoms with van der Waals surface area (Å²) in [5.41, 5.74) is 11.2. The van der Waals surface area contributed by atoms with Crippen molar-refractivity contribution in [3.8, 4) is 0 Å². The summed E-state index contributed by atoms with van der Waals surface area (Å²) in [7, 11) is -4.47. The summed E-state index contributed by atoms with van der Waals surface area (Å²) in [4.78, 5) is 12.0. The molecule has 4 atom stereocenters. The van der Waals surface area contributed by atoms with E-state index in [-0.39, 0.29) is 28.2 Å². The van der Waals surface area contributed by atoms with Gasteiger partial charge in [-0.15, -0.1) is 0 Å². The molecule has 5 nitrogen and oxygen atoms in total. The molecule has 2 saturated carbocycles. The van der Waals surface area contributed by atoms with Crippen molar-refractivity contribution >= 4 is 22.5 Å². The molecule has 2 unspecified atom stereocenters. The summed E-state index contributed by atoms with van der Waals surface area (Å²) in [6, 6.07) is 0. The Morgan fingerprint density at radius 1 is 1.10 bits per heavy atom. The van der Waals surface area contributed by atoms with Gasteiger partial charge in [-0.1, -0.05) is 91.3 Å². The number of ether oxygens (including phenoxy) is 1. The van der Waals surface area contributed by atoms with E-state index in [0.717, 1.165) is 30.4 Å². The highest BCUT2D eigenvalue weighted by Gasteiger charge is 2.52. The molecule has 0 aromatic heterocycles. The van der Waals surface area contributed by atoms with Gasteiger partial charge < -0.3 is 19.3 Å². The van der Waals surface area contributed by atoms with Gasteiger partial charge >= 0.3 is 0 Å². The van der Waals surface area contributed by atoms with Crippen LogP contribution in [0.2, 0.25) is 36.3 Å². The number of carbonyl (C=O) groups is 1. The molecule has 3 rings (SSSR count). The first kappa shape index (κ1) is 35.2. The first-order valence-corrected chi connectivity index (χ1v) is 22.0. The minimum Gasteiger partial charge on any atom is -0.410 e.